The van der Waals surface area contributed by atoms with Crippen molar-refractivity contribution in [3.05, 3.63) is 35.5 Å². The number of nitrogens with one attached hydrogen (secondary N) is 1. The van der Waals surface area contributed by atoms with E-state index in [1.165, 1.54) is 10.9 Å². The number of unbranched alkanes of at least 4 members (excludes halogenated alkanes) is 1. The number of hydrogen-bond donors (Lipinski definition) is 1. The van der Waals surface area contributed by atoms with Crippen molar-refractivity contribution in [2.45, 2.75) is 46.6 Å². The number of nitrogens with zero attached hydrogens (tertiary/aromatic N) is 1. The van der Waals surface area contributed by atoms with Crippen molar-refractivity contribution in [2.75, 3.05) is 6.54 Å². The number of carbonyl (C=O) groups excluding carboxylic acids is 1. The van der Waals surface area contributed by atoms with Crippen molar-refractivity contribution in [2.24, 2.45) is 0 Å². The monoisotopic (exact) mass is 272 g/mol. The Hall–Kier alpha value is -1.77. The third kappa shape index (κ3) is 2.72. The van der Waals surface area contributed by atoms with Crippen LogP contribution in [-0.2, 0) is 6.54 Å². The van der Waals surface area contributed by atoms with Crippen LogP contribution in [0.2, 0.25) is 0 Å². The molecular formula is C17H24N2O. The van der Waals surface area contributed by atoms with Crippen molar-refractivity contribution < 1.29 is 4.79 Å². The highest BCUT2D eigenvalue weighted by Gasteiger charge is 2.19. The lowest BCUT2D eigenvalue weighted by atomic mass is 10.1. The minimum absolute atomic E-state index is 0.0525. The highest BCUT2D eigenvalue weighted by Crippen LogP contribution is 2.26. The fraction of sp³-hybridized carbons (Fsp3) is 0.471. The molecule has 0 saturated carbocycles. The average Bonchev–Trinajstić information content (AvgIpc) is 2.76. The van der Waals surface area contributed by atoms with Crippen LogP contribution in [0.25, 0.3) is 10.9 Å². The highest BCUT2D eigenvalue weighted by molar-refractivity contribution is 6.01. The minimum atomic E-state index is 0.0525. The summed E-state index contributed by atoms with van der Waals surface area (Å²) in [6.45, 7) is 7.92. The molecule has 1 aromatic heterocycles. The number of amides is 1. The van der Waals surface area contributed by atoms with Crippen molar-refractivity contribution in [1.29, 1.82) is 0 Å². The normalized spacial score (nSPS) is 10.9. The Balaban J connectivity index is 2.49. The molecule has 1 heterocycles. The molecule has 0 fully saturated rings. The molecule has 1 N–H and O–H groups in total. The minimum Gasteiger partial charge on any atom is -0.351 e. The maximum absolute atomic E-state index is 12.4. The van der Waals surface area contributed by atoms with Crippen LogP contribution in [-0.4, -0.2) is 17.0 Å². The maximum atomic E-state index is 12.4. The first-order valence-corrected chi connectivity index (χ1v) is 7.56. The number of benzene rings is 1. The van der Waals surface area contributed by atoms with E-state index in [1.54, 1.807) is 0 Å². The molecular weight excluding hydrogens is 248 g/mol. The first-order valence-electron chi connectivity index (χ1n) is 7.56. The predicted molar refractivity (Wildman–Crippen MR) is 84.2 cm³/mol. The van der Waals surface area contributed by atoms with Crippen LogP contribution in [0, 0.1) is 6.92 Å². The van der Waals surface area contributed by atoms with Gasteiger partial charge in [-0.25, -0.2) is 0 Å². The largest absolute Gasteiger partial charge is 0.351 e. The molecule has 0 aliphatic rings. The van der Waals surface area contributed by atoms with Gasteiger partial charge >= 0.3 is 0 Å². The van der Waals surface area contributed by atoms with Crippen LogP contribution in [0.3, 0.4) is 0 Å². The predicted octanol–water partition coefficient (Wildman–Crippen LogP) is 3.89. The van der Waals surface area contributed by atoms with Crippen LogP contribution in [0.1, 0.15) is 49.2 Å². The van der Waals surface area contributed by atoms with Crippen LogP contribution in [0.15, 0.2) is 24.3 Å². The number of aryl methyl sites for hydroxylation is 2. The Bertz CT molecular complexity index is 598. The van der Waals surface area contributed by atoms with Crippen LogP contribution in [0.5, 0.6) is 0 Å². The van der Waals surface area contributed by atoms with E-state index in [1.807, 2.05) is 19.1 Å². The highest BCUT2D eigenvalue weighted by atomic mass is 16.1. The second-order valence-corrected chi connectivity index (χ2v) is 5.25. The van der Waals surface area contributed by atoms with Gasteiger partial charge < -0.3 is 9.88 Å². The molecule has 20 heavy (non-hydrogen) atoms. The number of fused-ring (bicyclic) bond motifs is 1. The summed E-state index contributed by atoms with van der Waals surface area (Å²) in [7, 11) is 0. The molecule has 3 nitrogen and oxygen atoms in total. The van der Waals surface area contributed by atoms with Crippen molar-refractivity contribution in [3.63, 3.8) is 0 Å². The molecule has 0 unspecified atom stereocenters. The van der Waals surface area contributed by atoms with Gasteiger partial charge in [0.25, 0.3) is 5.91 Å². The Labute approximate surface area is 121 Å². The molecule has 2 rings (SSSR count). The quantitative estimate of drug-likeness (QED) is 0.850. The van der Waals surface area contributed by atoms with Crippen molar-refractivity contribution in [1.82, 2.24) is 9.88 Å². The summed E-state index contributed by atoms with van der Waals surface area (Å²) in [5, 5.41) is 4.19. The molecule has 0 aliphatic heterocycles. The van der Waals surface area contributed by atoms with Gasteiger partial charge in [0.05, 0.1) is 0 Å². The van der Waals surface area contributed by atoms with Crippen molar-refractivity contribution >= 4 is 16.8 Å². The fourth-order valence-corrected chi connectivity index (χ4v) is 2.64. The zero-order chi connectivity index (χ0) is 14.5. The molecule has 3 heteroatoms. The molecule has 2 aromatic rings. The summed E-state index contributed by atoms with van der Waals surface area (Å²) >= 11 is 0. The van der Waals surface area contributed by atoms with Gasteiger partial charge in [-0.1, -0.05) is 38.5 Å². The van der Waals surface area contributed by atoms with E-state index in [2.05, 4.69) is 35.9 Å². The topological polar surface area (TPSA) is 34.0 Å². The SMILES string of the molecule is CCCCn1c(C(=O)NCCC)c(C)c2ccccc21. The second-order valence-electron chi connectivity index (χ2n) is 5.25. The van der Waals surface area contributed by atoms with E-state index < -0.39 is 0 Å². The molecule has 0 bridgehead atoms. The van der Waals surface area contributed by atoms with E-state index >= 15 is 0 Å². The van der Waals surface area contributed by atoms with Gasteiger partial charge in [0.1, 0.15) is 5.69 Å². The second kappa shape index (κ2) is 6.60. The maximum Gasteiger partial charge on any atom is 0.268 e. The van der Waals surface area contributed by atoms with E-state index in [0.29, 0.717) is 0 Å². The number of carbonyl (C=O) groups is 1. The number of aromatic nitrogens is 1. The van der Waals surface area contributed by atoms with Gasteiger partial charge in [-0.15, -0.1) is 0 Å². The molecule has 0 atom stereocenters. The number of rotatable bonds is 6. The third-order valence-electron chi connectivity index (χ3n) is 3.71. The fourth-order valence-electron chi connectivity index (χ4n) is 2.64. The number of para-hydroxylation sites is 1. The molecule has 108 valence electrons. The van der Waals surface area contributed by atoms with Gasteiger partial charge in [0.2, 0.25) is 0 Å². The smallest absolute Gasteiger partial charge is 0.268 e. The van der Waals surface area contributed by atoms with Crippen molar-refractivity contribution in [3.8, 4) is 0 Å². The van der Waals surface area contributed by atoms with Gasteiger partial charge in [-0.2, -0.15) is 0 Å². The Morgan fingerprint density at radius 1 is 1.20 bits per heavy atom. The molecule has 0 spiro atoms. The third-order valence-corrected chi connectivity index (χ3v) is 3.71. The summed E-state index contributed by atoms with van der Waals surface area (Å²) in [4.78, 5) is 12.4. The first kappa shape index (κ1) is 14.6. The molecule has 0 radical (unpaired) electrons. The molecule has 1 aromatic carbocycles. The van der Waals surface area contributed by atoms with E-state index in [4.69, 9.17) is 0 Å². The molecule has 0 saturated heterocycles. The number of hydrogen-bond acceptors (Lipinski definition) is 1. The van der Waals surface area contributed by atoms with Gasteiger partial charge in [-0.05, 0) is 31.4 Å². The molecule has 1 amide bonds. The molecule has 0 aliphatic carbocycles. The van der Waals surface area contributed by atoms with E-state index in [9.17, 15) is 4.79 Å². The summed E-state index contributed by atoms with van der Waals surface area (Å²) in [5.41, 5.74) is 3.08. The lowest BCUT2D eigenvalue weighted by Crippen LogP contribution is -2.27. The lowest BCUT2D eigenvalue weighted by molar-refractivity contribution is 0.0944. The summed E-state index contributed by atoms with van der Waals surface area (Å²) in [5.74, 6) is 0.0525. The standard InChI is InChI=1S/C17H24N2O/c1-4-6-12-19-15-10-8-7-9-14(15)13(3)16(19)17(20)18-11-5-2/h7-10H,4-6,11-12H2,1-3H3,(H,18,20). The lowest BCUT2D eigenvalue weighted by Gasteiger charge is -2.11. The zero-order valence-corrected chi connectivity index (χ0v) is 12.7. The van der Waals surface area contributed by atoms with E-state index in [-0.39, 0.29) is 5.91 Å². The van der Waals surface area contributed by atoms with Gasteiger partial charge in [-0.3, -0.25) is 4.79 Å². The summed E-state index contributed by atoms with van der Waals surface area (Å²) in [6, 6.07) is 8.28. The van der Waals surface area contributed by atoms with Crippen LogP contribution >= 0.6 is 0 Å². The van der Waals surface area contributed by atoms with E-state index in [0.717, 1.165) is 43.6 Å². The Kier molecular flexibility index (Phi) is 4.83. The average molecular weight is 272 g/mol. The zero-order valence-electron chi connectivity index (χ0n) is 12.7. The Morgan fingerprint density at radius 2 is 1.95 bits per heavy atom. The van der Waals surface area contributed by atoms with Crippen LogP contribution < -0.4 is 5.32 Å². The van der Waals surface area contributed by atoms with Gasteiger partial charge in [0.15, 0.2) is 0 Å². The van der Waals surface area contributed by atoms with Gasteiger partial charge in [0, 0.05) is 24.0 Å². The summed E-state index contributed by atoms with van der Waals surface area (Å²) in [6.07, 6.45) is 3.17. The van der Waals surface area contributed by atoms with Crippen LogP contribution in [0.4, 0.5) is 0 Å². The summed E-state index contributed by atoms with van der Waals surface area (Å²) < 4.78 is 2.18. The Morgan fingerprint density at radius 3 is 2.65 bits per heavy atom. The first-order chi connectivity index (χ1) is 9.70.